The van der Waals surface area contributed by atoms with Crippen LogP contribution in [0.4, 0.5) is 4.39 Å². The van der Waals surface area contributed by atoms with E-state index in [1.165, 1.54) is 45.6 Å². The Balaban J connectivity index is 1.23. The van der Waals surface area contributed by atoms with Gasteiger partial charge < -0.3 is 29.2 Å². The molecule has 228 valence electrons. The van der Waals surface area contributed by atoms with E-state index in [9.17, 15) is 22.4 Å². The summed E-state index contributed by atoms with van der Waals surface area (Å²) in [5, 5.41) is 2.84. The molecule has 0 unspecified atom stereocenters. The Labute approximate surface area is 249 Å². The van der Waals surface area contributed by atoms with Crippen molar-refractivity contribution in [3.8, 4) is 17.2 Å². The fraction of sp³-hybridized carbons (Fsp3) is 0.333. The average molecular weight is 614 g/mol. The van der Waals surface area contributed by atoms with Gasteiger partial charge in [0.05, 0.1) is 18.1 Å². The van der Waals surface area contributed by atoms with Crippen molar-refractivity contribution in [2.24, 2.45) is 0 Å². The summed E-state index contributed by atoms with van der Waals surface area (Å²) in [6.45, 7) is 2.81. The molecule has 2 aliphatic rings. The highest BCUT2D eigenvalue weighted by atomic mass is 32.2. The maximum absolute atomic E-state index is 13.5. The normalized spacial score (nSPS) is 15.5. The first-order chi connectivity index (χ1) is 20.7. The summed E-state index contributed by atoms with van der Waals surface area (Å²) < 4.78 is 62.2. The molecule has 1 fully saturated rings. The molecule has 0 radical (unpaired) electrons. The second-order valence-electron chi connectivity index (χ2n) is 10.0. The monoisotopic (exact) mass is 613 g/mol. The zero-order valence-electron chi connectivity index (χ0n) is 23.5. The Hall–Kier alpha value is -4.20. The van der Waals surface area contributed by atoms with Crippen LogP contribution in [-0.2, 0) is 37.4 Å². The van der Waals surface area contributed by atoms with Gasteiger partial charge in [-0.15, -0.1) is 0 Å². The van der Waals surface area contributed by atoms with Gasteiger partial charge in [0, 0.05) is 26.2 Å². The van der Waals surface area contributed by atoms with E-state index in [1.54, 1.807) is 31.2 Å². The first-order valence-electron chi connectivity index (χ1n) is 13.7. The highest BCUT2D eigenvalue weighted by molar-refractivity contribution is 7.89. The van der Waals surface area contributed by atoms with E-state index in [0.29, 0.717) is 30.3 Å². The van der Waals surface area contributed by atoms with Gasteiger partial charge in [-0.05, 0) is 66.6 Å². The number of nitrogens with zero attached hydrogens (tertiary/aromatic N) is 2. The number of hydrogen-bond acceptors (Lipinski definition) is 8. The number of ether oxygens (including phenoxy) is 4. The Bertz CT molecular complexity index is 1540. The Morgan fingerprint density at radius 2 is 1.65 bits per heavy atom. The van der Waals surface area contributed by atoms with Gasteiger partial charge in [-0.1, -0.05) is 18.2 Å². The molecule has 1 saturated heterocycles. The summed E-state index contributed by atoms with van der Waals surface area (Å²) in [7, 11) is -3.67. The lowest BCUT2D eigenvalue weighted by molar-refractivity contribution is -0.142. The van der Waals surface area contributed by atoms with Gasteiger partial charge in [0.1, 0.15) is 17.6 Å². The van der Waals surface area contributed by atoms with Crippen LogP contribution >= 0.6 is 0 Å². The number of sulfonamides is 1. The second kappa shape index (κ2) is 13.4. The van der Waals surface area contributed by atoms with Crippen LogP contribution in [-0.4, -0.2) is 75.2 Å². The predicted octanol–water partition coefficient (Wildman–Crippen LogP) is 2.69. The van der Waals surface area contributed by atoms with Crippen LogP contribution in [0.15, 0.2) is 71.6 Å². The van der Waals surface area contributed by atoms with Gasteiger partial charge in [-0.3, -0.25) is 9.59 Å². The molecule has 11 nitrogen and oxygen atoms in total. The van der Waals surface area contributed by atoms with Crippen molar-refractivity contribution in [2.45, 2.75) is 31.0 Å². The molecular formula is C30H32FN3O8S. The van der Waals surface area contributed by atoms with Crippen LogP contribution in [0.3, 0.4) is 0 Å². The fourth-order valence-electron chi connectivity index (χ4n) is 4.63. The first kappa shape index (κ1) is 30.3. The Morgan fingerprint density at radius 1 is 0.977 bits per heavy atom. The molecule has 2 aliphatic heterocycles. The molecule has 1 N–H and O–H groups in total. The van der Waals surface area contributed by atoms with Gasteiger partial charge in [-0.25, -0.2) is 12.8 Å². The summed E-state index contributed by atoms with van der Waals surface area (Å²) in [5.74, 6) is 0.213. The van der Waals surface area contributed by atoms with E-state index in [0.717, 1.165) is 5.56 Å². The Morgan fingerprint density at radius 3 is 2.37 bits per heavy atom. The van der Waals surface area contributed by atoms with Crippen LogP contribution in [0.25, 0.3) is 0 Å². The van der Waals surface area contributed by atoms with Crippen molar-refractivity contribution in [3.05, 3.63) is 83.7 Å². The zero-order valence-corrected chi connectivity index (χ0v) is 24.3. The second-order valence-corrected chi connectivity index (χ2v) is 11.9. The minimum atomic E-state index is -3.67. The lowest BCUT2D eigenvalue weighted by atomic mass is 10.1. The molecule has 13 heteroatoms. The molecule has 3 aromatic rings. The van der Waals surface area contributed by atoms with Crippen LogP contribution in [0.5, 0.6) is 17.2 Å². The number of rotatable bonds is 11. The van der Waals surface area contributed by atoms with Crippen LogP contribution in [0.1, 0.15) is 18.1 Å². The van der Waals surface area contributed by atoms with Crippen molar-refractivity contribution in [3.63, 3.8) is 0 Å². The molecule has 0 bridgehead atoms. The number of morpholine rings is 1. The third-order valence-corrected chi connectivity index (χ3v) is 9.04. The van der Waals surface area contributed by atoms with Gasteiger partial charge >= 0.3 is 0 Å². The number of carbonyl (C=O) groups is 2. The average Bonchev–Trinajstić information content (AvgIpc) is 3.50. The zero-order chi connectivity index (χ0) is 30.4. The lowest BCUT2D eigenvalue weighted by Crippen LogP contribution is -2.48. The highest BCUT2D eigenvalue weighted by Gasteiger charge is 2.28. The smallest absolute Gasteiger partial charge is 0.261 e. The van der Waals surface area contributed by atoms with Crippen molar-refractivity contribution in [1.82, 2.24) is 14.5 Å². The van der Waals surface area contributed by atoms with Gasteiger partial charge in [0.25, 0.3) is 5.91 Å². The van der Waals surface area contributed by atoms with E-state index < -0.39 is 40.3 Å². The predicted molar refractivity (Wildman–Crippen MR) is 152 cm³/mol. The number of amides is 2. The van der Waals surface area contributed by atoms with Crippen molar-refractivity contribution < 1.29 is 41.3 Å². The highest BCUT2D eigenvalue weighted by Crippen LogP contribution is 2.32. The van der Waals surface area contributed by atoms with E-state index in [4.69, 9.17) is 18.9 Å². The van der Waals surface area contributed by atoms with E-state index >= 15 is 0 Å². The molecule has 5 rings (SSSR count). The molecule has 2 heterocycles. The van der Waals surface area contributed by atoms with Gasteiger partial charge in [0.2, 0.25) is 22.7 Å². The van der Waals surface area contributed by atoms with Gasteiger partial charge in [0.15, 0.2) is 18.1 Å². The van der Waals surface area contributed by atoms with Gasteiger partial charge in [-0.2, -0.15) is 4.31 Å². The van der Waals surface area contributed by atoms with Crippen LogP contribution < -0.4 is 19.5 Å². The summed E-state index contributed by atoms with van der Waals surface area (Å²) in [6.07, 6.45) is 0. The molecule has 3 aromatic carbocycles. The van der Waals surface area contributed by atoms with Crippen molar-refractivity contribution in [1.29, 1.82) is 0 Å². The minimum Gasteiger partial charge on any atom is -0.484 e. The lowest BCUT2D eigenvalue weighted by Gasteiger charge is -2.29. The Kier molecular flexibility index (Phi) is 9.43. The summed E-state index contributed by atoms with van der Waals surface area (Å²) >= 11 is 0. The number of carbonyl (C=O) groups excluding carboxylic acids is 2. The van der Waals surface area contributed by atoms with E-state index in [-0.39, 0.29) is 43.6 Å². The first-order valence-corrected chi connectivity index (χ1v) is 15.2. The summed E-state index contributed by atoms with van der Waals surface area (Å²) in [6, 6.07) is 15.9. The number of fused-ring (bicyclic) bond motifs is 1. The number of nitrogens with one attached hydrogen (secondary N) is 1. The quantitative estimate of drug-likeness (QED) is 0.350. The maximum Gasteiger partial charge on any atom is 0.261 e. The fourth-order valence-corrected chi connectivity index (χ4v) is 6.04. The molecule has 1 atom stereocenters. The van der Waals surface area contributed by atoms with Crippen molar-refractivity contribution in [2.75, 3.05) is 39.7 Å². The number of halogens is 1. The van der Waals surface area contributed by atoms with Crippen molar-refractivity contribution >= 4 is 21.8 Å². The minimum absolute atomic E-state index is 0.0395. The van der Waals surface area contributed by atoms with Crippen LogP contribution in [0.2, 0.25) is 0 Å². The standard InChI is InChI=1S/C30H32FN3O8S/c1-21(30(36)32-17-23-4-11-27-28(16-23)42-20-41-27)34(18-22-2-5-24(31)6-3-22)29(35)19-40-25-7-9-26(10-8-25)43(37,38)33-12-14-39-15-13-33/h2-11,16,21H,12-15,17-20H2,1H3,(H,32,36)/t21-/m0/s1. The maximum atomic E-state index is 13.5. The SMILES string of the molecule is C[C@@H](C(=O)NCc1ccc2c(c1)OCO2)N(Cc1ccc(F)cc1)C(=O)COc1ccc(S(=O)(=O)N2CCOCC2)cc1. The summed E-state index contributed by atoms with van der Waals surface area (Å²) in [5.41, 5.74) is 1.42. The van der Waals surface area contributed by atoms with Crippen LogP contribution in [0, 0.1) is 5.82 Å². The third-order valence-electron chi connectivity index (χ3n) is 7.13. The topological polar surface area (TPSA) is 124 Å². The molecule has 43 heavy (non-hydrogen) atoms. The molecular weight excluding hydrogens is 581 g/mol. The molecule has 2 amide bonds. The molecule has 0 aliphatic carbocycles. The van der Waals surface area contributed by atoms with E-state index in [1.807, 2.05) is 6.07 Å². The molecule has 0 aromatic heterocycles. The summed E-state index contributed by atoms with van der Waals surface area (Å²) in [4.78, 5) is 28.0. The molecule has 0 saturated carbocycles. The number of benzene rings is 3. The largest absolute Gasteiger partial charge is 0.484 e. The molecule has 0 spiro atoms. The number of hydrogen-bond donors (Lipinski definition) is 1. The third kappa shape index (κ3) is 7.42. The van der Waals surface area contributed by atoms with E-state index in [2.05, 4.69) is 5.32 Å².